The largest absolute Gasteiger partial charge is 0.417 e. The minimum atomic E-state index is -4.43. The van der Waals surface area contributed by atoms with E-state index in [1.165, 1.54) is 12.1 Å². The van der Waals surface area contributed by atoms with Gasteiger partial charge in [0.15, 0.2) is 0 Å². The maximum atomic E-state index is 12.6. The fourth-order valence-corrected chi connectivity index (χ4v) is 2.43. The zero-order chi connectivity index (χ0) is 14.0. The molecule has 1 aliphatic heterocycles. The molecule has 0 bridgehead atoms. The molecule has 1 aliphatic rings. The summed E-state index contributed by atoms with van der Waals surface area (Å²) in [6.45, 7) is 1.82. The Morgan fingerprint density at radius 3 is 2.42 bits per heavy atom. The number of carbonyl (C=O) groups is 1. The van der Waals surface area contributed by atoms with Crippen molar-refractivity contribution in [2.45, 2.75) is 6.18 Å². The molecule has 0 atom stereocenters. The van der Waals surface area contributed by atoms with Crippen LogP contribution in [0.2, 0.25) is 0 Å². The van der Waals surface area contributed by atoms with E-state index < -0.39 is 11.7 Å². The lowest BCUT2D eigenvalue weighted by molar-refractivity contribution is -0.138. The van der Waals surface area contributed by atoms with Crippen LogP contribution in [0.5, 0.6) is 0 Å². The van der Waals surface area contributed by atoms with Crippen molar-refractivity contribution in [2.75, 3.05) is 26.3 Å². The van der Waals surface area contributed by atoms with Crippen LogP contribution >= 0.6 is 15.9 Å². The van der Waals surface area contributed by atoms with Crippen LogP contribution < -0.4 is 0 Å². The molecule has 19 heavy (non-hydrogen) atoms. The van der Waals surface area contributed by atoms with E-state index in [-0.39, 0.29) is 15.9 Å². The summed E-state index contributed by atoms with van der Waals surface area (Å²) in [5.74, 6) is -0.280. The third kappa shape index (κ3) is 3.27. The maximum Gasteiger partial charge on any atom is 0.417 e. The molecule has 1 aromatic rings. The Bertz CT molecular complexity index is 484. The highest BCUT2D eigenvalue weighted by molar-refractivity contribution is 9.10. The molecule has 0 aromatic heterocycles. The van der Waals surface area contributed by atoms with Crippen molar-refractivity contribution in [3.63, 3.8) is 0 Å². The lowest BCUT2D eigenvalue weighted by Crippen LogP contribution is -2.40. The Morgan fingerprint density at radius 2 is 1.89 bits per heavy atom. The molecule has 1 heterocycles. The standard InChI is InChI=1S/C12H11BrF3NO2/c13-10-7-8(1-2-9(10)12(14,15)16)11(18)17-3-5-19-6-4-17/h1-2,7H,3-6H2. The fourth-order valence-electron chi connectivity index (χ4n) is 1.83. The number of alkyl halides is 3. The highest BCUT2D eigenvalue weighted by atomic mass is 79.9. The molecule has 3 nitrogen and oxygen atoms in total. The van der Waals surface area contributed by atoms with Crippen LogP contribution in [0.1, 0.15) is 15.9 Å². The summed E-state index contributed by atoms with van der Waals surface area (Å²) in [4.78, 5) is 13.6. The monoisotopic (exact) mass is 337 g/mol. The molecule has 0 radical (unpaired) electrons. The quantitative estimate of drug-likeness (QED) is 0.788. The first-order chi connectivity index (χ1) is 8.89. The first-order valence-electron chi connectivity index (χ1n) is 5.63. The molecule has 7 heteroatoms. The normalized spacial score (nSPS) is 16.5. The summed E-state index contributed by atoms with van der Waals surface area (Å²) in [6, 6.07) is 3.32. The van der Waals surface area contributed by atoms with Gasteiger partial charge in [0.1, 0.15) is 0 Å². The van der Waals surface area contributed by atoms with Crippen LogP contribution in [0.15, 0.2) is 22.7 Å². The molecule has 0 unspecified atom stereocenters. The number of hydrogen-bond acceptors (Lipinski definition) is 2. The van der Waals surface area contributed by atoms with Gasteiger partial charge in [-0.25, -0.2) is 0 Å². The van der Waals surface area contributed by atoms with Gasteiger partial charge >= 0.3 is 6.18 Å². The Kier molecular flexibility index (Phi) is 4.15. The van der Waals surface area contributed by atoms with Crippen LogP contribution in [0.3, 0.4) is 0 Å². The Morgan fingerprint density at radius 1 is 1.26 bits per heavy atom. The molecule has 104 valence electrons. The van der Waals surface area contributed by atoms with Crippen LogP contribution in [0.4, 0.5) is 13.2 Å². The Balaban J connectivity index is 2.22. The zero-order valence-electron chi connectivity index (χ0n) is 9.84. The fraction of sp³-hybridized carbons (Fsp3) is 0.417. The van der Waals surface area contributed by atoms with Crippen LogP contribution in [0, 0.1) is 0 Å². The van der Waals surface area contributed by atoms with Gasteiger partial charge in [0.25, 0.3) is 5.91 Å². The van der Waals surface area contributed by atoms with Crippen molar-refractivity contribution >= 4 is 21.8 Å². The number of halogens is 4. The number of amides is 1. The van der Waals surface area contributed by atoms with Gasteiger partial charge in [-0.15, -0.1) is 0 Å². The predicted molar refractivity (Wildman–Crippen MR) is 65.9 cm³/mol. The van der Waals surface area contributed by atoms with E-state index in [9.17, 15) is 18.0 Å². The minimum Gasteiger partial charge on any atom is -0.378 e. The Labute approximate surface area is 116 Å². The molecular weight excluding hydrogens is 327 g/mol. The van der Waals surface area contributed by atoms with Gasteiger partial charge in [0.2, 0.25) is 0 Å². The van der Waals surface area contributed by atoms with E-state index in [1.807, 2.05) is 0 Å². The van der Waals surface area contributed by atoms with Gasteiger partial charge in [0.05, 0.1) is 18.8 Å². The topological polar surface area (TPSA) is 29.5 Å². The highest BCUT2D eigenvalue weighted by Gasteiger charge is 2.33. The number of ether oxygens (including phenoxy) is 1. The van der Waals surface area contributed by atoms with Gasteiger partial charge in [-0.3, -0.25) is 4.79 Å². The number of hydrogen-bond donors (Lipinski definition) is 0. The molecule has 1 aromatic carbocycles. The van der Waals surface area contributed by atoms with Crippen molar-refractivity contribution < 1.29 is 22.7 Å². The van der Waals surface area contributed by atoms with Crippen LogP contribution in [-0.4, -0.2) is 37.1 Å². The van der Waals surface area contributed by atoms with Crippen molar-refractivity contribution in [3.8, 4) is 0 Å². The molecular formula is C12H11BrF3NO2. The molecule has 1 fully saturated rings. The van der Waals surface area contributed by atoms with Gasteiger partial charge < -0.3 is 9.64 Å². The summed E-state index contributed by atoms with van der Waals surface area (Å²) in [6.07, 6.45) is -4.43. The smallest absolute Gasteiger partial charge is 0.378 e. The van der Waals surface area contributed by atoms with E-state index in [0.29, 0.717) is 26.3 Å². The highest BCUT2D eigenvalue weighted by Crippen LogP contribution is 2.35. The summed E-state index contributed by atoms with van der Waals surface area (Å²) in [5.41, 5.74) is -0.548. The van der Waals surface area contributed by atoms with Crippen LogP contribution in [-0.2, 0) is 10.9 Å². The summed E-state index contributed by atoms with van der Waals surface area (Å²) in [5, 5.41) is 0. The van der Waals surface area contributed by atoms with E-state index >= 15 is 0 Å². The summed E-state index contributed by atoms with van der Waals surface area (Å²) in [7, 11) is 0. The van der Waals surface area contributed by atoms with Crippen molar-refractivity contribution in [1.29, 1.82) is 0 Å². The number of nitrogens with zero attached hydrogens (tertiary/aromatic N) is 1. The average molecular weight is 338 g/mol. The van der Waals surface area contributed by atoms with Crippen LogP contribution in [0.25, 0.3) is 0 Å². The Hall–Kier alpha value is -1.08. The lowest BCUT2D eigenvalue weighted by Gasteiger charge is -2.27. The van der Waals surface area contributed by atoms with Gasteiger partial charge in [-0.05, 0) is 18.2 Å². The first-order valence-corrected chi connectivity index (χ1v) is 6.42. The molecule has 0 N–H and O–H groups in total. The van der Waals surface area contributed by atoms with E-state index in [1.54, 1.807) is 4.90 Å². The zero-order valence-corrected chi connectivity index (χ0v) is 11.4. The number of rotatable bonds is 1. The third-order valence-corrected chi connectivity index (χ3v) is 3.48. The lowest BCUT2D eigenvalue weighted by atomic mass is 10.1. The van der Waals surface area contributed by atoms with Gasteiger partial charge in [-0.1, -0.05) is 15.9 Å². The SMILES string of the molecule is O=C(c1ccc(C(F)(F)F)c(Br)c1)N1CCOCC1. The first kappa shape index (κ1) is 14.3. The maximum absolute atomic E-state index is 12.6. The van der Waals surface area contributed by atoms with Gasteiger partial charge in [0, 0.05) is 23.1 Å². The number of morpholine rings is 1. The predicted octanol–water partition coefficient (Wildman–Crippen LogP) is 2.94. The van der Waals surface area contributed by atoms with Crippen molar-refractivity contribution in [2.24, 2.45) is 0 Å². The third-order valence-electron chi connectivity index (χ3n) is 2.82. The summed E-state index contributed by atoms with van der Waals surface area (Å²) < 4.78 is 42.8. The molecule has 1 saturated heterocycles. The molecule has 0 saturated carbocycles. The molecule has 0 spiro atoms. The van der Waals surface area contributed by atoms with Gasteiger partial charge in [-0.2, -0.15) is 13.2 Å². The molecule has 1 amide bonds. The molecule has 0 aliphatic carbocycles. The van der Waals surface area contributed by atoms with E-state index in [4.69, 9.17) is 4.74 Å². The summed E-state index contributed by atoms with van der Waals surface area (Å²) >= 11 is 2.86. The second-order valence-electron chi connectivity index (χ2n) is 4.10. The second-order valence-corrected chi connectivity index (χ2v) is 4.95. The van der Waals surface area contributed by atoms with E-state index in [0.717, 1.165) is 6.07 Å². The average Bonchev–Trinajstić information content (AvgIpc) is 2.37. The number of carbonyl (C=O) groups excluding carboxylic acids is 1. The minimum absolute atomic E-state index is 0.126. The van der Waals surface area contributed by atoms with E-state index in [2.05, 4.69) is 15.9 Å². The molecule has 2 rings (SSSR count). The van der Waals surface area contributed by atoms with Crippen molar-refractivity contribution in [1.82, 2.24) is 4.90 Å². The number of benzene rings is 1. The van der Waals surface area contributed by atoms with Crippen molar-refractivity contribution in [3.05, 3.63) is 33.8 Å². The second kappa shape index (κ2) is 5.50.